The fourth-order valence-corrected chi connectivity index (χ4v) is 10.7. The fraction of sp³-hybridized carbons (Fsp3) is 0.125. The molecule has 5 aromatic heterocycles. The van der Waals surface area contributed by atoms with Gasteiger partial charge in [0, 0.05) is 45.4 Å². The topological polar surface area (TPSA) is 77.8 Å². The lowest BCUT2D eigenvalue weighted by Crippen LogP contribution is -2.07. The Bertz CT molecular complexity index is 1500. The smallest absolute Gasteiger partial charge is 0.307 e. The molecular formula is C24H16I2O4S5. The summed E-state index contributed by atoms with van der Waals surface area (Å²) in [5, 5.41) is 28.9. The summed E-state index contributed by atoms with van der Waals surface area (Å²) >= 11 is 12.9. The molecule has 0 fully saturated rings. The summed E-state index contributed by atoms with van der Waals surface area (Å²) in [6.07, 6.45) is -1.29. The predicted molar refractivity (Wildman–Crippen MR) is 166 cm³/mol. The third kappa shape index (κ3) is 5.93. The molecule has 0 unspecified atom stereocenters. The normalized spacial score (nSPS) is 11.6. The molecule has 180 valence electrons. The number of carboxylic acids is 1. The largest absolute Gasteiger partial charge is 0.481 e. The maximum atomic E-state index is 11.6. The molecule has 5 aromatic rings. The maximum absolute atomic E-state index is 11.6. The van der Waals surface area contributed by atoms with Gasteiger partial charge in [-0.3, -0.25) is 4.79 Å². The number of hydrogen-bond acceptors (Lipinski definition) is 8. The lowest BCUT2D eigenvalue weighted by Gasteiger charge is -2.03. The second kappa shape index (κ2) is 11.0. The van der Waals surface area contributed by atoms with Gasteiger partial charge in [-0.1, -0.05) is 0 Å². The predicted octanol–water partition coefficient (Wildman–Crippen LogP) is 8.35. The minimum absolute atomic E-state index is 0.0242. The molecule has 5 heterocycles. The van der Waals surface area contributed by atoms with Gasteiger partial charge in [-0.2, -0.15) is 0 Å². The number of hydrogen-bond donors (Lipinski definition) is 3. The summed E-state index contributed by atoms with van der Waals surface area (Å²) in [6, 6.07) is 16.5. The standard InChI is InChI=1S/C24H16I2O4S5/c25-19-5-3-13(32-19)17-7-11(9-21(27)28)23(34-17)15-1-2-16(31-15)24-12(10-22(29)30)8-18(35-24)14-4-6-20(26)33-14/h1-8,21,27-28H,9-10H2,(H,29,30). The molecule has 4 nitrogen and oxygen atoms in total. The highest BCUT2D eigenvalue weighted by molar-refractivity contribution is 14.1. The average molecular weight is 783 g/mol. The van der Waals surface area contributed by atoms with E-state index >= 15 is 0 Å². The van der Waals surface area contributed by atoms with E-state index in [-0.39, 0.29) is 12.8 Å². The van der Waals surface area contributed by atoms with E-state index in [0.717, 1.165) is 50.1 Å². The quantitative estimate of drug-likeness (QED) is 0.109. The Balaban J connectivity index is 1.55. The Kier molecular flexibility index (Phi) is 8.16. The molecule has 0 aromatic carbocycles. The van der Waals surface area contributed by atoms with E-state index < -0.39 is 12.3 Å². The zero-order valence-electron chi connectivity index (χ0n) is 17.7. The van der Waals surface area contributed by atoms with Crippen LogP contribution in [0.2, 0.25) is 0 Å². The molecule has 0 aliphatic carbocycles. The first-order chi connectivity index (χ1) is 16.8. The Morgan fingerprint density at radius 1 is 0.686 bits per heavy atom. The third-order valence-corrected chi connectivity index (χ3v) is 13.0. The molecule has 0 amide bonds. The third-order valence-electron chi connectivity index (χ3n) is 5.05. The van der Waals surface area contributed by atoms with E-state index in [1.807, 2.05) is 12.1 Å². The van der Waals surface area contributed by atoms with Gasteiger partial charge < -0.3 is 15.3 Å². The van der Waals surface area contributed by atoms with Gasteiger partial charge in [0.1, 0.15) is 0 Å². The lowest BCUT2D eigenvalue weighted by atomic mass is 10.1. The molecule has 0 saturated carbocycles. The van der Waals surface area contributed by atoms with Gasteiger partial charge in [-0.05, 0) is 105 Å². The van der Waals surface area contributed by atoms with Gasteiger partial charge in [0.2, 0.25) is 0 Å². The zero-order chi connectivity index (χ0) is 24.7. The van der Waals surface area contributed by atoms with Crippen LogP contribution in [0.4, 0.5) is 0 Å². The number of aliphatic hydroxyl groups excluding tert-OH is 1. The fourth-order valence-electron chi connectivity index (χ4n) is 3.64. The molecule has 0 saturated heterocycles. The summed E-state index contributed by atoms with van der Waals surface area (Å²) < 4.78 is 2.40. The van der Waals surface area contributed by atoms with Crippen LogP contribution >= 0.6 is 102 Å². The van der Waals surface area contributed by atoms with Gasteiger partial charge in [0.15, 0.2) is 6.29 Å². The van der Waals surface area contributed by atoms with Crippen molar-refractivity contribution in [2.24, 2.45) is 0 Å². The molecular weight excluding hydrogens is 766 g/mol. The number of aliphatic hydroxyl groups is 2. The van der Waals surface area contributed by atoms with E-state index in [9.17, 15) is 20.1 Å². The van der Waals surface area contributed by atoms with Crippen molar-refractivity contribution in [2.45, 2.75) is 19.1 Å². The molecule has 5 rings (SSSR count). The Labute approximate surface area is 248 Å². The van der Waals surface area contributed by atoms with Crippen LogP contribution < -0.4 is 0 Å². The van der Waals surface area contributed by atoms with Crippen LogP contribution in [0.1, 0.15) is 11.1 Å². The van der Waals surface area contributed by atoms with Crippen molar-refractivity contribution in [1.82, 2.24) is 0 Å². The Morgan fingerprint density at radius 3 is 1.63 bits per heavy atom. The molecule has 35 heavy (non-hydrogen) atoms. The van der Waals surface area contributed by atoms with E-state index in [0.29, 0.717) is 0 Å². The van der Waals surface area contributed by atoms with Gasteiger partial charge in [0.25, 0.3) is 0 Å². The molecule has 0 radical (unpaired) electrons. The summed E-state index contributed by atoms with van der Waals surface area (Å²) in [7, 11) is 0. The molecule has 0 spiro atoms. The van der Waals surface area contributed by atoms with Crippen LogP contribution in [0.25, 0.3) is 39.0 Å². The van der Waals surface area contributed by atoms with Crippen molar-refractivity contribution in [3.63, 3.8) is 0 Å². The first kappa shape index (κ1) is 26.0. The number of aliphatic carboxylic acids is 1. The van der Waals surface area contributed by atoms with Crippen LogP contribution in [-0.2, 0) is 17.6 Å². The first-order valence-corrected chi connectivity index (χ1v) is 16.5. The van der Waals surface area contributed by atoms with Crippen LogP contribution in [0.15, 0.2) is 48.5 Å². The monoisotopic (exact) mass is 782 g/mol. The van der Waals surface area contributed by atoms with Gasteiger partial charge in [0.05, 0.1) is 12.2 Å². The highest BCUT2D eigenvalue weighted by Gasteiger charge is 2.20. The SMILES string of the molecule is O=C(O)Cc1cc(-c2ccc(I)s2)sc1-c1ccc(-c2sc(-c3ccc(I)s3)cc2CC(O)O)s1. The van der Waals surface area contributed by atoms with E-state index in [2.05, 4.69) is 81.6 Å². The summed E-state index contributed by atoms with van der Waals surface area (Å²) in [6.45, 7) is 0. The Hall–Kier alpha value is -0.650. The van der Waals surface area contributed by atoms with Crippen LogP contribution in [-0.4, -0.2) is 27.6 Å². The number of carboxylic acid groups (broad SMARTS) is 1. The van der Waals surface area contributed by atoms with Gasteiger partial charge in [-0.25, -0.2) is 0 Å². The molecule has 11 heteroatoms. The van der Waals surface area contributed by atoms with Crippen molar-refractivity contribution in [1.29, 1.82) is 0 Å². The molecule has 3 N–H and O–H groups in total. The number of thiophene rings is 5. The molecule has 0 atom stereocenters. The van der Waals surface area contributed by atoms with Crippen molar-refractivity contribution in [3.05, 3.63) is 65.4 Å². The van der Waals surface area contributed by atoms with Crippen molar-refractivity contribution >= 4 is 108 Å². The summed E-state index contributed by atoms with van der Waals surface area (Å²) in [4.78, 5) is 20.1. The van der Waals surface area contributed by atoms with E-state index in [1.165, 1.54) is 5.77 Å². The van der Waals surface area contributed by atoms with Crippen LogP contribution in [0.5, 0.6) is 0 Å². The van der Waals surface area contributed by atoms with Crippen molar-refractivity contribution in [2.75, 3.05) is 0 Å². The summed E-state index contributed by atoms with van der Waals surface area (Å²) in [5.41, 5.74) is 1.72. The number of carbonyl (C=O) groups is 1. The second-order valence-electron chi connectivity index (χ2n) is 7.56. The van der Waals surface area contributed by atoms with E-state index in [1.54, 1.807) is 56.7 Å². The minimum Gasteiger partial charge on any atom is -0.481 e. The zero-order valence-corrected chi connectivity index (χ0v) is 26.1. The van der Waals surface area contributed by atoms with E-state index in [4.69, 9.17) is 0 Å². The molecule has 0 aliphatic heterocycles. The highest BCUT2D eigenvalue weighted by Crippen LogP contribution is 2.48. The van der Waals surface area contributed by atoms with Gasteiger partial charge in [-0.15, -0.1) is 56.7 Å². The van der Waals surface area contributed by atoms with Crippen LogP contribution in [0, 0.1) is 5.77 Å². The Morgan fingerprint density at radius 2 is 1.17 bits per heavy atom. The molecule has 0 bridgehead atoms. The summed E-state index contributed by atoms with van der Waals surface area (Å²) in [5.74, 6) is -0.846. The average Bonchev–Trinajstić information content (AvgIpc) is 3.57. The van der Waals surface area contributed by atoms with Gasteiger partial charge >= 0.3 is 5.97 Å². The van der Waals surface area contributed by atoms with Crippen molar-refractivity contribution in [3.8, 4) is 39.0 Å². The minimum atomic E-state index is -1.42. The van der Waals surface area contributed by atoms with Crippen molar-refractivity contribution < 1.29 is 20.1 Å². The number of halogens is 2. The second-order valence-corrected chi connectivity index (χ2v) is 16.7. The number of rotatable bonds is 8. The maximum Gasteiger partial charge on any atom is 0.307 e. The lowest BCUT2D eigenvalue weighted by molar-refractivity contribution is -0.136. The van der Waals surface area contributed by atoms with Crippen LogP contribution in [0.3, 0.4) is 0 Å². The highest BCUT2D eigenvalue weighted by atomic mass is 127. The molecule has 0 aliphatic rings. The first-order valence-electron chi connectivity index (χ1n) is 10.2.